The molecule has 5 nitrogen and oxygen atoms in total. The van der Waals surface area contributed by atoms with Gasteiger partial charge in [0.05, 0.1) is 6.04 Å². The highest BCUT2D eigenvalue weighted by atomic mass is 15.3. The molecule has 1 aliphatic heterocycles. The van der Waals surface area contributed by atoms with Crippen LogP contribution in [0.1, 0.15) is 43.7 Å². The van der Waals surface area contributed by atoms with Crippen LogP contribution in [0.15, 0.2) is 36.9 Å². The molecule has 0 aromatic carbocycles. The summed E-state index contributed by atoms with van der Waals surface area (Å²) in [7, 11) is 2.09. The van der Waals surface area contributed by atoms with E-state index in [9.17, 15) is 0 Å². The Morgan fingerprint density at radius 3 is 2.43 bits per heavy atom. The fraction of sp³-hybridized carbons (Fsp3) is 0.556. The zero-order valence-corrected chi connectivity index (χ0v) is 14.4. The Morgan fingerprint density at radius 1 is 1.13 bits per heavy atom. The second-order valence-corrected chi connectivity index (χ2v) is 6.35. The van der Waals surface area contributed by atoms with Crippen LogP contribution in [0.4, 0.5) is 0 Å². The van der Waals surface area contributed by atoms with Gasteiger partial charge in [-0.05, 0) is 25.0 Å². The van der Waals surface area contributed by atoms with E-state index in [-0.39, 0.29) is 0 Å². The van der Waals surface area contributed by atoms with E-state index < -0.39 is 0 Å². The highest BCUT2D eigenvalue weighted by molar-refractivity contribution is 5.13. The standard InChI is InChI=1S/C18H27N5/c1-4-17(18-20-8-9-21(18)3)23-12-10-22(11-13-23)15(2)16-6-5-7-19-14-16/h5-9,14-15,17H,4,10-13H2,1-3H3. The maximum Gasteiger partial charge on any atom is 0.125 e. The van der Waals surface area contributed by atoms with Gasteiger partial charge in [-0.15, -0.1) is 0 Å². The van der Waals surface area contributed by atoms with Gasteiger partial charge < -0.3 is 4.57 Å². The minimum Gasteiger partial charge on any atom is -0.337 e. The normalized spacial score (nSPS) is 19.6. The van der Waals surface area contributed by atoms with E-state index in [4.69, 9.17) is 0 Å². The summed E-state index contributed by atoms with van der Waals surface area (Å²) < 4.78 is 2.15. The number of hydrogen-bond donors (Lipinski definition) is 0. The molecule has 0 spiro atoms. The molecular formula is C18H27N5. The van der Waals surface area contributed by atoms with E-state index in [1.165, 1.54) is 11.4 Å². The molecule has 2 aromatic heterocycles. The molecule has 1 fully saturated rings. The van der Waals surface area contributed by atoms with Gasteiger partial charge >= 0.3 is 0 Å². The fourth-order valence-corrected chi connectivity index (χ4v) is 3.57. The van der Waals surface area contributed by atoms with Crippen LogP contribution in [0.25, 0.3) is 0 Å². The highest BCUT2D eigenvalue weighted by Gasteiger charge is 2.28. The number of rotatable bonds is 5. The lowest BCUT2D eigenvalue weighted by Gasteiger charge is -2.41. The van der Waals surface area contributed by atoms with Crippen molar-refractivity contribution in [3.8, 4) is 0 Å². The van der Waals surface area contributed by atoms with Crippen LogP contribution in [-0.2, 0) is 7.05 Å². The molecule has 3 rings (SSSR count). The van der Waals surface area contributed by atoms with Crippen molar-refractivity contribution in [2.75, 3.05) is 26.2 Å². The number of piperazine rings is 1. The molecule has 0 amide bonds. The van der Waals surface area contributed by atoms with Gasteiger partial charge in [-0.1, -0.05) is 13.0 Å². The van der Waals surface area contributed by atoms with Crippen LogP contribution in [0, 0.1) is 0 Å². The van der Waals surface area contributed by atoms with Gasteiger partial charge in [-0.2, -0.15) is 0 Å². The van der Waals surface area contributed by atoms with Crippen molar-refractivity contribution in [1.82, 2.24) is 24.3 Å². The molecule has 2 unspecified atom stereocenters. The fourth-order valence-electron chi connectivity index (χ4n) is 3.57. The number of nitrogens with zero attached hydrogens (tertiary/aromatic N) is 5. The first kappa shape index (κ1) is 16.1. The van der Waals surface area contributed by atoms with Crippen LogP contribution < -0.4 is 0 Å². The minimum atomic E-state index is 0.422. The third-order valence-electron chi connectivity index (χ3n) is 5.05. The first-order valence-electron chi connectivity index (χ1n) is 8.56. The van der Waals surface area contributed by atoms with E-state index in [1.807, 2.05) is 30.9 Å². The quantitative estimate of drug-likeness (QED) is 0.850. The zero-order chi connectivity index (χ0) is 16.2. The molecule has 2 atom stereocenters. The number of pyridine rings is 1. The molecule has 5 heteroatoms. The topological polar surface area (TPSA) is 37.2 Å². The first-order valence-corrected chi connectivity index (χ1v) is 8.56. The predicted octanol–water partition coefficient (Wildman–Crippen LogP) is 2.65. The summed E-state index contributed by atoms with van der Waals surface area (Å²) in [5.74, 6) is 1.18. The van der Waals surface area contributed by atoms with Crippen LogP contribution in [0.5, 0.6) is 0 Å². The summed E-state index contributed by atoms with van der Waals surface area (Å²) in [6, 6.07) is 5.05. The van der Waals surface area contributed by atoms with Crippen molar-refractivity contribution in [2.45, 2.75) is 32.4 Å². The van der Waals surface area contributed by atoms with E-state index in [0.29, 0.717) is 12.1 Å². The van der Waals surface area contributed by atoms with Crippen LogP contribution in [0.3, 0.4) is 0 Å². The highest BCUT2D eigenvalue weighted by Crippen LogP contribution is 2.26. The molecule has 1 saturated heterocycles. The van der Waals surface area contributed by atoms with Crippen molar-refractivity contribution in [1.29, 1.82) is 0 Å². The Kier molecular flexibility index (Phi) is 5.08. The van der Waals surface area contributed by atoms with Gasteiger partial charge in [0.25, 0.3) is 0 Å². The molecule has 23 heavy (non-hydrogen) atoms. The van der Waals surface area contributed by atoms with E-state index in [1.54, 1.807) is 0 Å². The Hall–Kier alpha value is -1.72. The number of hydrogen-bond acceptors (Lipinski definition) is 4. The monoisotopic (exact) mass is 313 g/mol. The predicted molar refractivity (Wildman–Crippen MR) is 92.0 cm³/mol. The van der Waals surface area contributed by atoms with E-state index in [0.717, 1.165) is 32.6 Å². The molecule has 2 aromatic rings. The molecule has 0 radical (unpaired) electrons. The van der Waals surface area contributed by atoms with Gasteiger partial charge in [0.2, 0.25) is 0 Å². The van der Waals surface area contributed by atoms with Gasteiger partial charge in [-0.25, -0.2) is 4.98 Å². The Labute approximate surface area is 139 Å². The summed E-state index contributed by atoms with van der Waals surface area (Å²) in [6.45, 7) is 8.91. The first-order chi connectivity index (χ1) is 11.2. The molecule has 1 aliphatic rings. The average molecular weight is 313 g/mol. The SMILES string of the molecule is CCC(c1nccn1C)N1CCN(C(C)c2cccnc2)CC1. The van der Waals surface area contributed by atoms with Gasteiger partial charge in [0, 0.05) is 64.1 Å². The van der Waals surface area contributed by atoms with Crippen LogP contribution >= 0.6 is 0 Å². The van der Waals surface area contributed by atoms with Gasteiger partial charge in [-0.3, -0.25) is 14.8 Å². The molecule has 124 valence electrons. The number of aryl methyl sites for hydroxylation is 1. The maximum absolute atomic E-state index is 4.56. The second kappa shape index (κ2) is 7.23. The number of imidazole rings is 1. The largest absolute Gasteiger partial charge is 0.337 e. The van der Waals surface area contributed by atoms with Crippen molar-refractivity contribution in [3.05, 3.63) is 48.3 Å². The minimum absolute atomic E-state index is 0.422. The zero-order valence-electron chi connectivity index (χ0n) is 14.4. The third-order valence-corrected chi connectivity index (χ3v) is 5.05. The molecule has 3 heterocycles. The van der Waals surface area contributed by atoms with E-state index in [2.05, 4.69) is 51.3 Å². The second-order valence-electron chi connectivity index (χ2n) is 6.35. The lowest BCUT2D eigenvalue weighted by Crippen LogP contribution is -2.48. The molecule has 0 saturated carbocycles. The molecule has 0 N–H and O–H groups in total. The van der Waals surface area contributed by atoms with Gasteiger partial charge in [0.15, 0.2) is 0 Å². The summed E-state index contributed by atoms with van der Waals surface area (Å²) >= 11 is 0. The Bertz CT molecular complexity index is 601. The summed E-state index contributed by atoms with van der Waals surface area (Å²) in [4.78, 5) is 13.9. The van der Waals surface area contributed by atoms with Crippen molar-refractivity contribution < 1.29 is 0 Å². The van der Waals surface area contributed by atoms with Crippen LogP contribution in [0.2, 0.25) is 0 Å². The lowest BCUT2D eigenvalue weighted by molar-refractivity contribution is 0.0678. The van der Waals surface area contributed by atoms with Crippen molar-refractivity contribution in [2.24, 2.45) is 7.05 Å². The lowest BCUT2D eigenvalue weighted by atomic mass is 10.1. The Balaban J connectivity index is 1.63. The van der Waals surface area contributed by atoms with E-state index >= 15 is 0 Å². The van der Waals surface area contributed by atoms with Crippen molar-refractivity contribution >= 4 is 0 Å². The van der Waals surface area contributed by atoms with Gasteiger partial charge in [0.1, 0.15) is 5.82 Å². The molecular weight excluding hydrogens is 286 g/mol. The smallest absolute Gasteiger partial charge is 0.125 e. The average Bonchev–Trinajstić information content (AvgIpc) is 3.02. The summed E-state index contributed by atoms with van der Waals surface area (Å²) in [5, 5.41) is 0. The van der Waals surface area contributed by atoms with Crippen molar-refractivity contribution in [3.63, 3.8) is 0 Å². The Morgan fingerprint density at radius 2 is 1.87 bits per heavy atom. The maximum atomic E-state index is 4.56. The molecule has 0 aliphatic carbocycles. The molecule has 0 bridgehead atoms. The summed E-state index contributed by atoms with van der Waals surface area (Å²) in [5.41, 5.74) is 1.30. The third kappa shape index (κ3) is 3.46. The summed E-state index contributed by atoms with van der Waals surface area (Å²) in [6.07, 6.45) is 8.87. The number of aromatic nitrogens is 3. The van der Waals surface area contributed by atoms with Crippen LogP contribution in [-0.4, -0.2) is 50.5 Å².